The summed E-state index contributed by atoms with van der Waals surface area (Å²) in [5.41, 5.74) is 0.968. The van der Waals surface area contributed by atoms with E-state index >= 15 is 0 Å². The minimum absolute atomic E-state index is 0.136. The molecule has 2 aromatic carbocycles. The predicted molar refractivity (Wildman–Crippen MR) is 155 cm³/mol. The van der Waals surface area contributed by atoms with Gasteiger partial charge < -0.3 is 24.5 Å². The molecule has 1 fully saturated rings. The fourth-order valence-electron chi connectivity index (χ4n) is 5.02. The average molecular weight is 608 g/mol. The minimum Gasteiger partial charge on any atom is -0.487 e. The average Bonchev–Trinajstić information content (AvgIpc) is 3.60. The first-order chi connectivity index (χ1) is 20.4. The summed E-state index contributed by atoms with van der Waals surface area (Å²) in [7, 11) is 0. The molecule has 3 amide bonds. The fourth-order valence-corrected chi connectivity index (χ4v) is 5.15. The Morgan fingerprint density at radius 2 is 1.91 bits per heavy atom. The summed E-state index contributed by atoms with van der Waals surface area (Å²) in [6, 6.07) is 9.64. The second-order valence-corrected chi connectivity index (χ2v) is 11.6. The maximum Gasteiger partial charge on any atom is 0.326 e. The maximum atomic E-state index is 14.3. The molecule has 0 spiro atoms. The first kappa shape index (κ1) is 29.8. The Balaban J connectivity index is 1.69. The van der Waals surface area contributed by atoms with E-state index < -0.39 is 41.9 Å². The minimum atomic E-state index is -1.25. The van der Waals surface area contributed by atoms with Crippen LogP contribution in [0.2, 0.25) is 5.02 Å². The molecule has 2 N–H and O–H groups in total. The van der Waals surface area contributed by atoms with Gasteiger partial charge in [-0.2, -0.15) is 0 Å². The Bertz CT molecular complexity index is 1580. The Labute approximate surface area is 252 Å². The molecule has 1 aromatic heterocycles. The number of Topliss-reactive ketones (excluding diaryl/α,β-unsaturated/α-hetero) is 1. The molecule has 0 radical (unpaired) electrons. The van der Waals surface area contributed by atoms with Crippen LogP contribution in [0.5, 0.6) is 5.75 Å². The monoisotopic (exact) mass is 607 g/mol. The number of carbonyl (C=O) groups is 4. The molecule has 3 heterocycles. The Hall–Kier alpha value is -4.71. The number of nitrogens with zero attached hydrogens (tertiary/aromatic N) is 4. The number of hydrogen-bond acceptors (Lipinski definition) is 8. The first-order valence-corrected chi connectivity index (χ1v) is 13.9. The normalized spacial score (nSPS) is 18.7. The zero-order valence-corrected chi connectivity index (χ0v) is 24.5. The van der Waals surface area contributed by atoms with Gasteiger partial charge in [0.15, 0.2) is 12.2 Å². The number of aliphatic carboxylic acids is 1. The van der Waals surface area contributed by atoms with Crippen LogP contribution in [0, 0.1) is 0 Å². The van der Waals surface area contributed by atoms with Gasteiger partial charge in [-0.15, -0.1) is 0 Å². The number of carboxylic acid groups (broad SMARTS) is 1. The number of carbonyl (C=O) groups excluding carboxylic acids is 3. The second-order valence-electron chi connectivity index (χ2n) is 11.2. The summed E-state index contributed by atoms with van der Waals surface area (Å²) in [4.78, 5) is 62.8. The van der Waals surface area contributed by atoms with Crippen molar-refractivity contribution in [3.63, 3.8) is 0 Å². The standard InChI is InChI=1S/C30H30ClN5O7/c1-30(2,3)43-23-12-18(22(37)13-25(39)40)6-9-20(23)28-34-26(21-15-42-16-33-21)27(17-4-7-19(31)8-5-17)36(28)29(41)35-11-10-32-24(38)14-35/h4-9,12,15-16,26-27H,10-11,13-14H2,1-3H3,(H,32,38)(H,39,40)/t26-,27+/m0/s1. The highest BCUT2D eigenvalue weighted by Crippen LogP contribution is 2.45. The number of oxazole rings is 1. The first-order valence-electron chi connectivity index (χ1n) is 13.6. The van der Waals surface area contributed by atoms with Crippen molar-refractivity contribution in [2.24, 2.45) is 4.99 Å². The zero-order valence-electron chi connectivity index (χ0n) is 23.7. The Morgan fingerprint density at radius 1 is 1.16 bits per heavy atom. The molecule has 5 rings (SSSR count). The summed E-state index contributed by atoms with van der Waals surface area (Å²) < 4.78 is 11.5. The summed E-state index contributed by atoms with van der Waals surface area (Å²) in [6.45, 7) is 5.90. The lowest BCUT2D eigenvalue weighted by Crippen LogP contribution is -2.55. The lowest BCUT2D eigenvalue weighted by atomic mass is 9.97. The quantitative estimate of drug-likeness (QED) is 0.298. The third kappa shape index (κ3) is 6.54. The van der Waals surface area contributed by atoms with Crippen LogP contribution in [0.3, 0.4) is 0 Å². The molecule has 224 valence electrons. The molecule has 2 atom stereocenters. The number of aliphatic imine (C=N–C) groups is 1. The van der Waals surface area contributed by atoms with Gasteiger partial charge in [0.25, 0.3) is 0 Å². The fraction of sp³-hybridized carbons (Fsp3) is 0.333. The van der Waals surface area contributed by atoms with Crippen molar-refractivity contribution >= 4 is 41.1 Å². The smallest absolute Gasteiger partial charge is 0.326 e. The summed E-state index contributed by atoms with van der Waals surface area (Å²) in [6.07, 6.45) is 2.04. The molecule has 0 unspecified atom stereocenters. The third-order valence-corrected chi connectivity index (χ3v) is 7.07. The van der Waals surface area contributed by atoms with Gasteiger partial charge in [0.1, 0.15) is 48.2 Å². The van der Waals surface area contributed by atoms with E-state index in [2.05, 4.69) is 10.3 Å². The SMILES string of the molecule is CC(C)(C)Oc1cc(C(=O)CC(=O)O)ccc1C1=N[C@@H](c2cocn2)[C@@H](c2ccc(Cl)cc2)N1C(=O)N1CCNC(=O)C1. The van der Waals surface area contributed by atoms with Crippen LogP contribution >= 0.6 is 11.6 Å². The summed E-state index contributed by atoms with van der Waals surface area (Å²) in [5.74, 6) is -1.69. The number of rotatable bonds is 7. The van der Waals surface area contributed by atoms with Crippen LogP contribution in [0.15, 0.2) is 64.5 Å². The summed E-state index contributed by atoms with van der Waals surface area (Å²) >= 11 is 6.20. The molecule has 0 aliphatic carbocycles. The number of urea groups is 1. The van der Waals surface area contributed by atoms with E-state index in [1.54, 1.807) is 30.3 Å². The van der Waals surface area contributed by atoms with E-state index in [9.17, 15) is 24.3 Å². The zero-order chi connectivity index (χ0) is 30.9. The van der Waals surface area contributed by atoms with Gasteiger partial charge >= 0.3 is 12.0 Å². The van der Waals surface area contributed by atoms with Gasteiger partial charge in [-0.25, -0.2) is 9.78 Å². The van der Waals surface area contributed by atoms with E-state index in [0.717, 1.165) is 0 Å². The van der Waals surface area contributed by atoms with Crippen molar-refractivity contribution < 1.29 is 33.4 Å². The van der Waals surface area contributed by atoms with E-state index in [4.69, 9.17) is 25.7 Å². The van der Waals surface area contributed by atoms with Crippen LogP contribution in [-0.2, 0) is 9.59 Å². The number of nitrogens with one attached hydrogen (secondary N) is 1. The van der Waals surface area contributed by atoms with Crippen molar-refractivity contribution in [3.05, 3.63) is 82.5 Å². The second kappa shape index (κ2) is 11.9. The van der Waals surface area contributed by atoms with Gasteiger partial charge in [0.2, 0.25) is 5.91 Å². The highest BCUT2D eigenvalue weighted by Gasteiger charge is 2.46. The van der Waals surface area contributed by atoms with Gasteiger partial charge in [-0.05, 0) is 50.6 Å². The van der Waals surface area contributed by atoms with Gasteiger partial charge in [-0.1, -0.05) is 29.8 Å². The number of piperazine rings is 1. The number of halogens is 1. The summed E-state index contributed by atoms with van der Waals surface area (Å²) in [5, 5.41) is 12.4. The van der Waals surface area contributed by atoms with Crippen LogP contribution in [0.25, 0.3) is 0 Å². The number of ether oxygens (including phenoxy) is 1. The molecule has 1 saturated heterocycles. The molecule has 0 bridgehead atoms. The maximum absolute atomic E-state index is 14.3. The number of benzene rings is 2. The van der Waals surface area contributed by atoms with Crippen molar-refractivity contribution in [1.29, 1.82) is 0 Å². The number of hydrogen-bond donors (Lipinski definition) is 2. The largest absolute Gasteiger partial charge is 0.487 e. The van der Waals surface area contributed by atoms with Gasteiger partial charge in [-0.3, -0.25) is 24.3 Å². The number of amidine groups is 1. The lowest BCUT2D eigenvalue weighted by Gasteiger charge is -2.35. The molecule has 12 nitrogen and oxygen atoms in total. The van der Waals surface area contributed by atoms with Crippen molar-refractivity contribution in [3.8, 4) is 5.75 Å². The number of aromatic nitrogens is 1. The van der Waals surface area contributed by atoms with Crippen molar-refractivity contribution in [2.75, 3.05) is 19.6 Å². The third-order valence-electron chi connectivity index (χ3n) is 6.82. The van der Waals surface area contributed by atoms with Crippen LogP contribution in [0.1, 0.15) is 66.5 Å². The molecule has 3 aromatic rings. The highest BCUT2D eigenvalue weighted by atomic mass is 35.5. The molecular formula is C30H30ClN5O7. The van der Waals surface area contributed by atoms with Crippen LogP contribution in [0.4, 0.5) is 4.79 Å². The Morgan fingerprint density at radius 3 is 2.53 bits per heavy atom. The number of carboxylic acids is 1. The molecule has 2 aliphatic rings. The molecule has 13 heteroatoms. The van der Waals surface area contributed by atoms with E-state index in [0.29, 0.717) is 28.4 Å². The van der Waals surface area contributed by atoms with Crippen molar-refractivity contribution in [1.82, 2.24) is 20.1 Å². The number of amides is 3. The molecule has 2 aliphatic heterocycles. The van der Waals surface area contributed by atoms with Crippen molar-refractivity contribution in [2.45, 2.75) is 44.9 Å². The Kier molecular flexibility index (Phi) is 8.23. The van der Waals surface area contributed by atoms with Crippen LogP contribution in [-0.4, -0.2) is 74.7 Å². The van der Waals surface area contributed by atoms with E-state index in [-0.39, 0.29) is 36.1 Å². The molecule has 0 saturated carbocycles. The highest BCUT2D eigenvalue weighted by molar-refractivity contribution is 6.30. The number of ketones is 1. The van der Waals surface area contributed by atoms with E-state index in [1.165, 1.54) is 34.6 Å². The molecule has 43 heavy (non-hydrogen) atoms. The van der Waals surface area contributed by atoms with Crippen LogP contribution < -0.4 is 10.1 Å². The van der Waals surface area contributed by atoms with Gasteiger partial charge in [0.05, 0.1) is 11.6 Å². The predicted octanol–water partition coefficient (Wildman–Crippen LogP) is 4.26. The van der Waals surface area contributed by atoms with E-state index in [1.807, 2.05) is 20.8 Å². The van der Waals surface area contributed by atoms with Gasteiger partial charge in [0, 0.05) is 23.7 Å². The molecular weight excluding hydrogens is 578 g/mol. The lowest BCUT2D eigenvalue weighted by molar-refractivity contribution is -0.136. The topological polar surface area (TPSA) is 155 Å².